The number of hydrogen-bond donors (Lipinski definition) is 1. The van der Waals surface area contributed by atoms with Crippen LogP contribution in [0.3, 0.4) is 0 Å². The molecule has 2 aromatic carbocycles. The van der Waals surface area contributed by atoms with Crippen LogP contribution in [0.2, 0.25) is 0 Å². The first kappa shape index (κ1) is 15.6. The molecule has 21 heavy (non-hydrogen) atoms. The molecule has 2 aromatic rings. The third-order valence-electron chi connectivity index (χ3n) is 3.97. The number of rotatable bonds is 7. The average Bonchev–Trinajstić information content (AvgIpc) is 2.55. The zero-order chi connectivity index (χ0) is 15.1. The fraction of sp³-hybridized carbons (Fsp3) is 0.368. The number of ether oxygens (including phenoxy) is 1. The Labute approximate surface area is 128 Å². The Morgan fingerprint density at radius 1 is 0.952 bits per heavy atom. The molecule has 2 heteroatoms. The van der Waals surface area contributed by atoms with Gasteiger partial charge in [-0.3, -0.25) is 0 Å². The largest absolute Gasteiger partial charge is 0.382 e. The molecule has 0 saturated heterocycles. The van der Waals surface area contributed by atoms with Gasteiger partial charge < -0.3 is 10.1 Å². The summed E-state index contributed by atoms with van der Waals surface area (Å²) in [5.74, 6) is 0.614. The van der Waals surface area contributed by atoms with Gasteiger partial charge in [-0.15, -0.1) is 0 Å². The van der Waals surface area contributed by atoms with Crippen molar-refractivity contribution in [2.75, 3.05) is 19.0 Å². The topological polar surface area (TPSA) is 21.3 Å². The highest BCUT2D eigenvalue weighted by Crippen LogP contribution is 2.23. The van der Waals surface area contributed by atoms with Crippen LogP contribution in [0.5, 0.6) is 0 Å². The van der Waals surface area contributed by atoms with E-state index in [9.17, 15) is 0 Å². The van der Waals surface area contributed by atoms with Crippen LogP contribution in [0.4, 0.5) is 5.69 Å². The minimum absolute atomic E-state index is 0.172. The van der Waals surface area contributed by atoms with E-state index in [2.05, 4.69) is 67.7 Å². The van der Waals surface area contributed by atoms with Crippen LogP contribution in [-0.2, 0) is 4.74 Å². The molecule has 2 unspecified atom stereocenters. The number of benzene rings is 2. The minimum Gasteiger partial charge on any atom is -0.382 e. The minimum atomic E-state index is 0.172. The molecule has 0 bridgehead atoms. The van der Waals surface area contributed by atoms with Gasteiger partial charge in [-0.1, -0.05) is 56.3 Å². The molecule has 0 saturated carbocycles. The van der Waals surface area contributed by atoms with Gasteiger partial charge in [0.2, 0.25) is 0 Å². The number of hydrogen-bond acceptors (Lipinski definition) is 2. The normalized spacial score (nSPS) is 13.7. The summed E-state index contributed by atoms with van der Waals surface area (Å²) >= 11 is 0. The zero-order valence-corrected chi connectivity index (χ0v) is 13.2. The second kappa shape index (κ2) is 7.84. The molecule has 0 fully saturated rings. The summed E-state index contributed by atoms with van der Waals surface area (Å²) in [5, 5.41) is 3.56. The van der Waals surface area contributed by atoms with E-state index in [1.54, 1.807) is 7.11 Å². The fourth-order valence-electron chi connectivity index (χ4n) is 2.42. The van der Waals surface area contributed by atoms with Crippen molar-refractivity contribution >= 4 is 5.69 Å². The van der Waals surface area contributed by atoms with E-state index in [0.717, 1.165) is 5.69 Å². The molecule has 2 rings (SSSR count). The molecule has 0 aliphatic rings. The van der Waals surface area contributed by atoms with Gasteiger partial charge in [0.25, 0.3) is 0 Å². The monoisotopic (exact) mass is 283 g/mol. The molecule has 0 aliphatic carbocycles. The third-order valence-corrected chi connectivity index (χ3v) is 3.97. The molecule has 0 amide bonds. The van der Waals surface area contributed by atoms with E-state index in [4.69, 9.17) is 4.74 Å². The Bertz CT molecular complexity index is 521. The second-order valence-corrected chi connectivity index (χ2v) is 5.49. The Balaban J connectivity index is 2.10. The Kier molecular flexibility index (Phi) is 5.82. The quantitative estimate of drug-likeness (QED) is 0.772. The lowest BCUT2D eigenvalue weighted by Gasteiger charge is -2.20. The van der Waals surface area contributed by atoms with Gasteiger partial charge in [-0.25, -0.2) is 0 Å². The van der Waals surface area contributed by atoms with Crippen molar-refractivity contribution in [2.45, 2.75) is 32.2 Å². The van der Waals surface area contributed by atoms with Crippen LogP contribution in [0.25, 0.3) is 0 Å². The van der Waals surface area contributed by atoms with Crippen LogP contribution in [0.15, 0.2) is 54.6 Å². The molecular formula is C19H25NO. The lowest BCUT2D eigenvalue weighted by molar-refractivity contribution is 0.186. The van der Waals surface area contributed by atoms with Crippen molar-refractivity contribution < 1.29 is 4.74 Å². The Morgan fingerprint density at radius 2 is 1.62 bits per heavy atom. The van der Waals surface area contributed by atoms with Crippen molar-refractivity contribution in [3.8, 4) is 0 Å². The maximum atomic E-state index is 5.35. The molecule has 0 aromatic heterocycles. The third kappa shape index (κ3) is 4.33. The maximum Gasteiger partial charge on any atom is 0.0747 e. The van der Waals surface area contributed by atoms with Gasteiger partial charge in [0, 0.05) is 12.8 Å². The molecule has 2 nitrogen and oxygen atoms in total. The molecule has 0 spiro atoms. The smallest absolute Gasteiger partial charge is 0.0747 e. The highest BCUT2D eigenvalue weighted by Gasteiger charge is 2.11. The fourth-order valence-corrected chi connectivity index (χ4v) is 2.42. The predicted molar refractivity (Wildman–Crippen MR) is 89.8 cm³/mol. The summed E-state index contributed by atoms with van der Waals surface area (Å²) in [6.45, 7) is 5.14. The highest BCUT2D eigenvalue weighted by molar-refractivity contribution is 5.47. The van der Waals surface area contributed by atoms with E-state index >= 15 is 0 Å². The number of methoxy groups -OCH3 is 1. The van der Waals surface area contributed by atoms with Gasteiger partial charge in [0.05, 0.1) is 12.6 Å². The van der Waals surface area contributed by atoms with Gasteiger partial charge in [0.1, 0.15) is 0 Å². The van der Waals surface area contributed by atoms with E-state index < -0.39 is 0 Å². The standard InChI is InChI=1S/C19H25NO/c1-4-15(2)16-10-12-18(13-11-16)20-19(14-21-3)17-8-6-5-7-9-17/h5-13,15,19-20H,4,14H2,1-3H3. The summed E-state index contributed by atoms with van der Waals surface area (Å²) in [5.41, 5.74) is 3.77. The van der Waals surface area contributed by atoms with Crippen LogP contribution >= 0.6 is 0 Å². The highest BCUT2D eigenvalue weighted by atomic mass is 16.5. The van der Waals surface area contributed by atoms with Crippen LogP contribution in [-0.4, -0.2) is 13.7 Å². The first-order chi connectivity index (χ1) is 10.2. The van der Waals surface area contributed by atoms with E-state index in [1.165, 1.54) is 17.5 Å². The predicted octanol–water partition coefficient (Wildman–Crippen LogP) is 5.00. The summed E-state index contributed by atoms with van der Waals surface area (Å²) in [6.07, 6.45) is 1.17. The Hall–Kier alpha value is -1.80. The summed E-state index contributed by atoms with van der Waals surface area (Å²) in [6, 6.07) is 19.3. The van der Waals surface area contributed by atoms with E-state index in [1.807, 2.05) is 6.07 Å². The lowest BCUT2D eigenvalue weighted by atomic mass is 9.98. The second-order valence-electron chi connectivity index (χ2n) is 5.49. The lowest BCUT2D eigenvalue weighted by Crippen LogP contribution is -2.16. The van der Waals surface area contributed by atoms with Crippen molar-refractivity contribution in [2.24, 2.45) is 0 Å². The summed E-state index contributed by atoms with van der Waals surface area (Å²) in [4.78, 5) is 0. The molecule has 0 aliphatic heterocycles. The van der Waals surface area contributed by atoms with Crippen LogP contribution < -0.4 is 5.32 Å². The first-order valence-electron chi connectivity index (χ1n) is 7.65. The van der Waals surface area contributed by atoms with Gasteiger partial charge in [0.15, 0.2) is 0 Å². The van der Waals surface area contributed by atoms with Gasteiger partial charge >= 0.3 is 0 Å². The number of nitrogens with one attached hydrogen (secondary N) is 1. The number of anilines is 1. The molecule has 0 heterocycles. The van der Waals surface area contributed by atoms with Crippen molar-refractivity contribution in [3.05, 3.63) is 65.7 Å². The first-order valence-corrected chi connectivity index (χ1v) is 7.65. The molecule has 2 atom stereocenters. The molecular weight excluding hydrogens is 258 g/mol. The van der Waals surface area contributed by atoms with Crippen molar-refractivity contribution in [1.29, 1.82) is 0 Å². The van der Waals surface area contributed by atoms with Gasteiger partial charge in [-0.2, -0.15) is 0 Å². The molecule has 1 N–H and O–H groups in total. The zero-order valence-electron chi connectivity index (χ0n) is 13.2. The maximum absolute atomic E-state index is 5.35. The molecule has 112 valence electrons. The van der Waals surface area contributed by atoms with Gasteiger partial charge in [-0.05, 0) is 35.6 Å². The summed E-state index contributed by atoms with van der Waals surface area (Å²) in [7, 11) is 1.74. The van der Waals surface area contributed by atoms with E-state index in [-0.39, 0.29) is 6.04 Å². The van der Waals surface area contributed by atoms with E-state index in [0.29, 0.717) is 12.5 Å². The summed E-state index contributed by atoms with van der Waals surface area (Å²) < 4.78 is 5.35. The Morgan fingerprint density at radius 3 is 2.19 bits per heavy atom. The molecule has 0 radical (unpaired) electrons. The van der Waals surface area contributed by atoms with Crippen LogP contribution in [0, 0.1) is 0 Å². The van der Waals surface area contributed by atoms with Crippen molar-refractivity contribution in [1.82, 2.24) is 0 Å². The van der Waals surface area contributed by atoms with Crippen LogP contribution in [0.1, 0.15) is 43.4 Å². The SMILES string of the molecule is CCC(C)c1ccc(NC(COC)c2ccccc2)cc1. The average molecular weight is 283 g/mol. The van der Waals surface area contributed by atoms with Crippen molar-refractivity contribution in [3.63, 3.8) is 0 Å².